The second-order valence-corrected chi connectivity index (χ2v) is 9.62. The fraction of sp³-hybridized carbons (Fsp3) is 0.194. The average molecular weight is 512 g/mol. The first-order chi connectivity index (χ1) is 19.2. The average Bonchev–Trinajstić information content (AvgIpc) is 3.02. The van der Waals surface area contributed by atoms with Crippen molar-refractivity contribution in [2.75, 3.05) is 0 Å². The molecule has 6 aromatic rings. The number of hydrogen-bond donors (Lipinski definition) is 0. The zero-order chi connectivity index (χ0) is 27.1. The Hall–Kier alpha value is -4.37. The Morgan fingerprint density at radius 2 is 1.21 bits per heavy atom. The van der Waals surface area contributed by atoms with E-state index < -0.39 is 0 Å². The number of fused-ring (bicyclic) bond motifs is 2. The normalized spacial score (nSPS) is 11.1. The van der Waals surface area contributed by atoms with Gasteiger partial charge in [-0.25, -0.2) is 0 Å². The molecule has 0 radical (unpaired) electrons. The number of para-hydroxylation sites is 1. The molecule has 3 nitrogen and oxygen atoms in total. The molecule has 0 bridgehead atoms. The van der Waals surface area contributed by atoms with Gasteiger partial charge in [0.05, 0.1) is 11.0 Å². The summed E-state index contributed by atoms with van der Waals surface area (Å²) in [5, 5.41) is 2.44. The summed E-state index contributed by atoms with van der Waals surface area (Å²) in [4.78, 5) is 12.8. The van der Waals surface area contributed by atoms with Gasteiger partial charge in [-0.3, -0.25) is 15.0 Å². The van der Waals surface area contributed by atoms with Gasteiger partial charge in [0, 0.05) is 35.1 Å². The molecule has 0 amide bonds. The van der Waals surface area contributed by atoms with E-state index in [0.29, 0.717) is 5.92 Å². The second kappa shape index (κ2) is 15.1. The number of benzene rings is 3. The Labute approximate surface area is 232 Å². The van der Waals surface area contributed by atoms with Crippen LogP contribution in [0.2, 0.25) is 0 Å². The Kier molecular flexibility index (Phi) is 10.7. The Bertz CT molecular complexity index is 1430. The quantitative estimate of drug-likeness (QED) is 0.224. The topological polar surface area (TPSA) is 38.7 Å². The van der Waals surface area contributed by atoms with Crippen molar-refractivity contribution in [3.8, 4) is 0 Å². The molecular formula is C36H37N3. The molecular weight excluding hydrogens is 474 g/mol. The summed E-state index contributed by atoms with van der Waals surface area (Å²) >= 11 is 0. The summed E-state index contributed by atoms with van der Waals surface area (Å²) in [6.45, 7) is 4.48. The minimum atomic E-state index is 0.639. The van der Waals surface area contributed by atoms with Crippen LogP contribution in [0.25, 0.3) is 21.8 Å². The molecule has 0 aliphatic carbocycles. The molecule has 0 saturated heterocycles. The summed E-state index contributed by atoms with van der Waals surface area (Å²) in [6, 6.07) is 39.4. The molecule has 1 unspecified atom stereocenters. The predicted octanol–water partition coefficient (Wildman–Crippen LogP) is 9.24. The third kappa shape index (κ3) is 8.86. The van der Waals surface area contributed by atoms with Gasteiger partial charge in [-0.2, -0.15) is 0 Å². The van der Waals surface area contributed by atoms with Crippen LogP contribution in [0.3, 0.4) is 0 Å². The number of hydrogen-bond acceptors (Lipinski definition) is 3. The van der Waals surface area contributed by atoms with E-state index in [1.807, 2.05) is 61.1 Å². The van der Waals surface area contributed by atoms with Crippen LogP contribution in [0, 0.1) is 0 Å². The van der Waals surface area contributed by atoms with Gasteiger partial charge in [0.1, 0.15) is 0 Å². The van der Waals surface area contributed by atoms with Crippen molar-refractivity contribution in [2.24, 2.45) is 0 Å². The van der Waals surface area contributed by atoms with E-state index >= 15 is 0 Å². The molecule has 196 valence electrons. The van der Waals surface area contributed by atoms with Crippen LogP contribution in [0.5, 0.6) is 0 Å². The van der Waals surface area contributed by atoms with Crippen molar-refractivity contribution in [1.29, 1.82) is 0 Å². The van der Waals surface area contributed by atoms with Crippen LogP contribution >= 0.6 is 0 Å². The zero-order valence-corrected chi connectivity index (χ0v) is 22.9. The number of aromatic nitrogens is 3. The van der Waals surface area contributed by atoms with Crippen LogP contribution in [0.15, 0.2) is 134 Å². The SMILES string of the molecule is CCC(C)c1ccc2ncccc2c1.c1ccc(CCCc2ccccn2)cc1.c1ccc2ncccc2c1. The molecule has 6 rings (SSSR count). The minimum absolute atomic E-state index is 0.639. The van der Waals surface area contributed by atoms with E-state index in [4.69, 9.17) is 0 Å². The number of nitrogens with zero attached hydrogens (tertiary/aromatic N) is 3. The monoisotopic (exact) mass is 511 g/mol. The summed E-state index contributed by atoms with van der Waals surface area (Å²) in [5.74, 6) is 0.639. The van der Waals surface area contributed by atoms with Gasteiger partial charge in [-0.15, -0.1) is 0 Å². The van der Waals surface area contributed by atoms with Crippen LogP contribution in [-0.4, -0.2) is 15.0 Å². The van der Waals surface area contributed by atoms with Crippen molar-refractivity contribution >= 4 is 21.8 Å². The highest BCUT2D eigenvalue weighted by Gasteiger charge is 2.03. The van der Waals surface area contributed by atoms with E-state index in [1.54, 1.807) is 0 Å². The lowest BCUT2D eigenvalue weighted by Crippen LogP contribution is -1.91. The number of aryl methyl sites for hydroxylation is 2. The maximum Gasteiger partial charge on any atom is 0.0702 e. The molecule has 3 heterocycles. The summed E-state index contributed by atoms with van der Waals surface area (Å²) < 4.78 is 0. The van der Waals surface area contributed by atoms with Crippen LogP contribution in [0.4, 0.5) is 0 Å². The standard InChI is InChI=1S/C14H15N.C13H15N.C9H7N/c1-2-7-13(8-3-1)9-6-11-14-10-4-5-12-15-14;1-3-10(2)11-6-7-13-12(9-11)5-4-8-14-13;1-2-6-9-8(4-1)5-3-7-10-9/h1-5,7-8,10,12H,6,9,11H2;4-10H,3H2,1-2H3;1-7H. The molecule has 39 heavy (non-hydrogen) atoms. The van der Waals surface area contributed by atoms with Crippen molar-refractivity contribution in [3.05, 3.63) is 151 Å². The highest BCUT2D eigenvalue weighted by atomic mass is 14.7. The summed E-state index contributed by atoms with van der Waals surface area (Å²) in [7, 11) is 0. The third-order valence-corrected chi connectivity index (χ3v) is 6.79. The van der Waals surface area contributed by atoms with E-state index in [9.17, 15) is 0 Å². The van der Waals surface area contributed by atoms with Crippen molar-refractivity contribution in [2.45, 2.75) is 45.4 Å². The predicted molar refractivity (Wildman–Crippen MR) is 165 cm³/mol. The number of pyridine rings is 3. The minimum Gasteiger partial charge on any atom is -0.261 e. The molecule has 1 atom stereocenters. The fourth-order valence-electron chi connectivity index (χ4n) is 4.32. The van der Waals surface area contributed by atoms with Gasteiger partial charge >= 0.3 is 0 Å². The number of rotatable bonds is 6. The highest BCUT2D eigenvalue weighted by molar-refractivity contribution is 5.79. The van der Waals surface area contributed by atoms with Crippen LogP contribution in [0.1, 0.15) is 49.4 Å². The second-order valence-electron chi connectivity index (χ2n) is 9.62. The largest absolute Gasteiger partial charge is 0.261 e. The van der Waals surface area contributed by atoms with E-state index in [1.165, 1.54) is 40.4 Å². The summed E-state index contributed by atoms with van der Waals surface area (Å²) in [6.07, 6.45) is 10.1. The highest BCUT2D eigenvalue weighted by Crippen LogP contribution is 2.22. The van der Waals surface area contributed by atoms with E-state index in [-0.39, 0.29) is 0 Å². The lowest BCUT2D eigenvalue weighted by atomic mass is 9.97. The lowest BCUT2D eigenvalue weighted by molar-refractivity contribution is 0.734. The van der Waals surface area contributed by atoms with E-state index in [0.717, 1.165) is 23.9 Å². The first-order valence-corrected chi connectivity index (χ1v) is 13.8. The Morgan fingerprint density at radius 1 is 0.564 bits per heavy atom. The molecule has 3 aromatic heterocycles. The van der Waals surface area contributed by atoms with Crippen LogP contribution in [-0.2, 0) is 12.8 Å². The van der Waals surface area contributed by atoms with Gasteiger partial charge in [0.25, 0.3) is 0 Å². The molecule has 0 aliphatic rings. The van der Waals surface area contributed by atoms with Crippen molar-refractivity contribution in [3.63, 3.8) is 0 Å². The molecule has 0 aliphatic heterocycles. The molecule has 0 N–H and O–H groups in total. The van der Waals surface area contributed by atoms with Gasteiger partial charge in [-0.05, 0) is 85.2 Å². The van der Waals surface area contributed by atoms with Crippen molar-refractivity contribution < 1.29 is 0 Å². The Balaban J connectivity index is 0.000000138. The first kappa shape index (κ1) is 27.7. The maximum absolute atomic E-state index is 4.31. The van der Waals surface area contributed by atoms with Crippen LogP contribution < -0.4 is 0 Å². The van der Waals surface area contributed by atoms with Gasteiger partial charge in [0.15, 0.2) is 0 Å². The smallest absolute Gasteiger partial charge is 0.0702 e. The van der Waals surface area contributed by atoms with Crippen molar-refractivity contribution in [1.82, 2.24) is 15.0 Å². The molecule has 0 spiro atoms. The first-order valence-electron chi connectivity index (χ1n) is 13.8. The zero-order valence-electron chi connectivity index (χ0n) is 22.9. The molecule has 3 heteroatoms. The lowest BCUT2D eigenvalue weighted by Gasteiger charge is -2.09. The van der Waals surface area contributed by atoms with Gasteiger partial charge in [-0.1, -0.05) is 86.6 Å². The summed E-state index contributed by atoms with van der Waals surface area (Å²) in [5.41, 5.74) is 6.15. The molecule has 3 aromatic carbocycles. The third-order valence-electron chi connectivity index (χ3n) is 6.79. The van der Waals surface area contributed by atoms with Gasteiger partial charge < -0.3 is 0 Å². The molecule has 0 fully saturated rings. The fourth-order valence-corrected chi connectivity index (χ4v) is 4.32. The van der Waals surface area contributed by atoms with E-state index in [2.05, 4.69) is 102 Å². The Morgan fingerprint density at radius 3 is 1.92 bits per heavy atom. The van der Waals surface area contributed by atoms with Gasteiger partial charge in [0.2, 0.25) is 0 Å². The molecule has 0 saturated carbocycles. The maximum atomic E-state index is 4.31.